The van der Waals surface area contributed by atoms with Gasteiger partial charge in [-0.3, -0.25) is 14.5 Å². The Morgan fingerprint density at radius 1 is 0.811 bits per heavy atom. The van der Waals surface area contributed by atoms with Gasteiger partial charge in [-0.1, -0.05) is 74.0 Å². The molecule has 3 aromatic carbocycles. The summed E-state index contributed by atoms with van der Waals surface area (Å²) in [6, 6.07) is 26.5. The normalized spacial score (nSPS) is 20.5. The van der Waals surface area contributed by atoms with E-state index in [1.165, 1.54) is 6.92 Å². The second kappa shape index (κ2) is 18.9. The van der Waals surface area contributed by atoms with Crippen molar-refractivity contribution in [3.05, 3.63) is 114 Å². The molecule has 11 heteroatoms. The molecule has 4 atom stereocenters. The Labute approximate surface area is 312 Å². The Balaban J connectivity index is 1.12. The summed E-state index contributed by atoms with van der Waals surface area (Å²) in [5.74, 6) is 0.857. The van der Waals surface area contributed by atoms with E-state index in [1.807, 2.05) is 36.4 Å². The van der Waals surface area contributed by atoms with E-state index in [0.717, 1.165) is 91.3 Å². The number of hydrogen-bond acceptors (Lipinski definition) is 9. The zero-order valence-electron chi connectivity index (χ0n) is 30.8. The number of unbranched alkanes of at least 4 members (excludes halogenated alkanes) is 2. The molecule has 53 heavy (non-hydrogen) atoms. The number of carbonyl (C=O) groups excluding carboxylic acids is 2. The summed E-state index contributed by atoms with van der Waals surface area (Å²) in [6.07, 6.45) is 5.74. The second-order valence-electron chi connectivity index (χ2n) is 14.1. The molecule has 2 aliphatic heterocycles. The van der Waals surface area contributed by atoms with E-state index in [4.69, 9.17) is 9.47 Å². The molecule has 0 spiro atoms. The Hall–Kier alpha value is -4.68. The first-order valence-corrected chi connectivity index (χ1v) is 18.8. The highest BCUT2D eigenvalue weighted by Crippen LogP contribution is 2.42. The van der Waals surface area contributed by atoms with Crippen molar-refractivity contribution in [2.45, 2.75) is 71.2 Å². The lowest BCUT2D eigenvalue weighted by Gasteiger charge is -2.44. The highest BCUT2D eigenvalue weighted by atomic mass is 16.7. The van der Waals surface area contributed by atoms with Crippen LogP contribution in [0.2, 0.25) is 0 Å². The number of amides is 2. The van der Waals surface area contributed by atoms with Gasteiger partial charge in [0.05, 0.1) is 18.8 Å². The topological polar surface area (TPSA) is 129 Å². The number of nitrogens with zero attached hydrogens (tertiary/aromatic N) is 4. The van der Waals surface area contributed by atoms with Crippen LogP contribution in [0.3, 0.4) is 0 Å². The molecule has 2 aliphatic rings. The largest absolute Gasteiger partial charge is 0.392 e. The molecular weight excluding hydrogens is 668 g/mol. The summed E-state index contributed by atoms with van der Waals surface area (Å²) >= 11 is 0. The van der Waals surface area contributed by atoms with Gasteiger partial charge in [0, 0.05) is 83.0 Å². The van der Waals surface area contributed by atoms with Crippen molar-refractivity contribution < 1.29 is 24.2 Å². The van der Waals surface area contributed by atoms with Gasteiger partial charge in [-0.25, -0.2) is 9.97 Å². The maximum atomic E-state index is 12.5. The second-order valence-corrected chi connectivity index (χ2v) is 14.1. The molecule has 2 saturated heterocycles. The predicted molar refractivity (Wildman–Crippen MR) is 205 cm³/mol. The molecule has 6 rings (SSSR count). The average Bonchev–Trinajstić information content (AvgIpc) is 3.20. The maximum Gasteiger partial charge on any atom is 0.225 e. The lowest BCUT2D eigenvalue weighted by atomic mass is 9.89. The van der Waals surface area contributed by atoms with Crippen molar-refractivity contribution in [1.82, 2.24) is 25.5 Å². The number of rotatable bonds is 15. The molecule has 3 heterocycles. The molecule has 0 saturated carbocycles. The van der Waals surface area contributed by atoms with Crippen LogP contribution in [0.1, 0.15) is 74.2 Å². The number of anilines is 1. The number of hydrogen-bond donors (Lipinski definition) is 3. The van der Waals surface area contributed by atoms with E-state index < -0.39 is 6.29 Å². The molecule has 4 aromatic rings. The lowest BCUT2D eigenvalue weighted by molar-refractivity contribution is -0.276. The number of piperazine rings is 1. The van der Waals surface area contributed by atoms with Gasteiger partial charge in [0.15, 0.2) is 6.29 Å². The van der Waals surface area contributed by atoms with Crippen LogP contribution in [-0.4, -0.2) is 77.2 Å². The smallest absolute Gasteiger partial charge is 0.225 e. The molecule has 0 bridgehead atoms. The number of nitrogens with one attached hydrogen (secondary N) is 2. The zero-order chi connectivity index (χ0) is 37.0. The van der Waals surface area contributed by atoms with Gasteiger partial charge in [0.1, 0.15) is 0 Å². The van der Waals surface area contributed by atoms with E-state index >= 15 is 0 Å². The molecule has 2 fully saturated rings. The third kappa shape index (κ3) is 10.7. The van der Waals surface area contributed by atoms with Crippen molar-refractivity contribution in [1.29, 1.82) is 0 Å². The summed E-state index contributed by atoms with van der Waals surface area (Å²) in [5, 5.41) is 15.5. The van der Waals surface area contributed by atoms with E-state index in [9.17, 15) is 14.7 Å². The standard InChI is InChI=1S/C42H52N6O5/c1-30-38(28-47-21-23-48(24-22-47)42-44-19-8-20-45-42)52-41(53-40(30)34-16-14-32(29-49)15-17-34)37-12-7-11-36(26-37)35-10-6-9-33(25-35)27-46-39(51)13-4-3-5-18-43-31(2)50/h6-12,14-17,19-20,25-26,30,38,40-41,49H,3-5,13,18,21-24,27-29H2,1-2H3,(H,43,50)(H,46,51)/t30-,38+,40+,41+/m1/s1. The molecule has 2 amide bonds. The van der Waals surface area contributed by atoms with Gasteiger partial charge in [0.2, 0.25) is 17.8 Å². The van der Waals surface area contributed by atoms with E-state index in [-0.39, 0.29) is 36.5 Å². The van der Waals surface area contributed by atoms with Crippen LogP contribution < -0.4 is 15.5 Å². The number of aliphatic hydroxyl groups excluding tert-OH is 1. The SMILES string of the molecule is CC(=O)NCCCCCC(=O)NCc1cccc(-c2cccc([C@H]3O[C@@H](CN4CCN(c5ncccn5)CC4)[C@@H](C)[C@@H](c4ccc(CO)cc4)O3)c2)c1. The molecule has 0 radical (unpaired) electrons. The molecule has 11 nitrogen and oxygen atoms in total. The van der Waals surface area contributed by atoms with Crippen LogP contribution in [0.5, 0.6) is 0 Å². The van der Waals surface area contributed by atoms with Crippen LogP contribution in [-0.2, 0) is 32.2 Å². The summed E-state index contributed by atoms with van der Waals surface area (Å²) in [6.45, 7) is 9.07. The van der Waals surface area contributed by atoms with E-state index in [1.54, 1.807) is 12.4 Å². The predicted octanol–water partition coefficient (Wildman–Crippen LogP) is 5.56. The molecule has 0 unspecified atom stereocenters. The van der Waals surface area contributed by atoms with E-state index in [2.05, 4.69) is 79.8 Å². The number of benzene rings is 3. The first kappa shape index (κ1) is 38.1. The van der Waals surface area contributed by atoms with Gasteiger partial charge < -0.3 is 30.1 Å². The first-order valence-electron chi connectivity index (χ1n) is 18.8. The minimum absolute atomic E-state index is 0.00178. The minimum atomic E-state index is -0.571. The van der Waals surface area contributed by atoms with E-state index in [0.29, 0.717) is 19.5 Å². The summed E-state index contributed by atoms with van der Waals surface area (Å²) in [5.41, 5.74) is 5.99. The molecular formula is C42H52N6O5. The Kier molecular flexibility index (Phi) is 13.6. The minimum Gasteiger partial charge on any atom is -0.392 e. The van der Waals surface area contributed by atoms with Gasteiger partial charge >= 0.3 is 0 Å². The Morgan fingerprint density at radius 3 is 2.28 bits per heavy atom. The average molecular weight is 721 g/mol. The number of aromatic nitrogens is 2. The Bertz CT molecular complexity index is 1770. The van der Waals surface area contributed by atoms with Crippen molar-refractivity contribution >= 4 is 17.8 Å². The van der Waals surface area contributed by atoms with Crippen molar-refractivity contribution in [2.24, 2.45) is 5.92 Å². The fourth-order valence-corrected chi connectivity index (χ4v) is 7.03. The quantitative estimate of drug-likeness (QED) is 0.135. The van der Waals surface area contributed by atoms with Gasteiger partial charge in [-0.2, -0.15) is 0 Å². The molecule has 3 N–H and O–H groups in total. The highest BCUT2D eigenvalue weighted by Gasteiger charge is 2.39. The Morgan fingerprint density at radius 2 is 1.55 bits per heavy atom. The van der Waals surface area contributed by atoms with Crippen molar-refractivity contribution in [3.63, 3.8) is 0 Å². The number of aliphatic hydroxyl groups is 1. The van der Waals surface area contributed by atoms with Gasteiger partial charge in [0.25, 0.3) is 0 Å². The third-order valence-electron chi connectivity index (χ3n) is 10.1. The highest BCUT2D eigenvalue weighted by molar-refractivity contribution is 5.76. The molecule has 280 valence electrons. The third-order valence-corrected chi connectivity index (χ3v) is 10.1. The van der Waals surface area contributed by atoms with Gasteiger partial charge in [-0.15, -0.1) is 0 Å². The summed E-state index contributed by atoms with van der Waals surface area (Å²) in [4.78, 5) is 37.1. The fraction of sp³-hybridized carbons (Fsp3) is 0.429. The van der Waals surface area contributed by atoms with Crippen LogP contribution in [0.15, 0.2) is 91.3 Å². The zero-order valence-corrected chi connectivity index (χ0v) is 30.8. The molecule has 1 aromatic heterocycles. The van der Waals surface area contributed by atoms with Crippen LogP contribution in [0.25, 0.3) is 11.1 Å². The monoisotopic (exact) mass is 720 g/mol. The van der Waals surface area contributed by atoms with Crippen LogP contribution >= 0.6 is 0 Å². The summed E-state index contributed by atoms with van der Waals surface area (Å²) < 4.78 is 13.6. The van der Waals surface area contributed by atoms with Gasteiger partial charge in [-0.05, 0) is 58.9 Å². The number of ether oxygens (including phenoxy) is 2. The fourth-order valence-electron chi connectivity index (χ4n) is 7.03. The van der Waals surface area contributed by atoms with Crippen LogP contribution in [0.4, 0.5) is 5.95 Å². The molecule has 0 aliphatic carbocycles. The lowest BCUT2D eigenvalue weighted by Crippen LogP contribution is -2.51. The van der Waals surface area contributed by atoms with Crippen molar-refractivity contribution in [2.75, 3.05) is 44.2 Å². The maximum absolute atomic E-state index is 12.5. The number of carbonyl (C=O) groups is 2. The van der Waals surface area contributed by atoms with Crippen LogP contribution in [0, 0.1) is 5.92 Å². The first-order chi connectivity index (χ1) is 25.9. The summed E-state index contributed by atoms with van der Waals surface area (Å²) in [7, 11) is 0. The van der Waals surface area contributed by atoms with Crippen molar-refractivity contribution in [3.8, 4) is 11.1 Å².